The van der Waals surface area contributed by atoms with Crippen molar-refractivity contribution in [3.05, 3.63) is 28.7 Å². The highest BCUT2D eigenvalue weighted by molar-refractivity contribution is 7.90. The molecule has 0 saturated heterocycles. The van der Waals surface area contributed by atoms with Crippen molar-refractivity contribution in [1.29, 1.82) is 0 Å². The molecule has 116 valence electrons. The fourth-order valence-electron chi connectivity index (χ4n) is 1.59. The minimum Gasteiger partial charge on any atom is -0.408 e. The molecule has 0 aliphatic heterocycles. The number of oxazole rings is 1. The molecule has 1 heterocycles. The van der Waals surface area contributed by atoms with Crippen molar-refractivity contribution in [2.75, 3.05) is 19.3 Å². The number of H-pyrrole nitrogens is 1. The lowest BCUT2D eigenvalue weighted by Crippen LogP contribution is -2.32. The second-order valence-electron chi connectivity index (χ2n) is 4.09. The molecule has 0 unspecified atom stereocenters. The van der Waals surface area contributed by atoms with Gasteiger partial charge in [0.05, 0.1) is 16.2 Å². The maximum Gasteiger partial charge on any atom is 0.417 e. The van der Waals surface area contributed by atoms with Gasteiger partial charge in [-0.25, -0.2) is 31.1 Å². The molecular formula is C10H13N3O6S2. The Bertz CT molecular complexity index is 910. The van der Waals surface area contributed by atoms with Crippen molar-refractivity contribution in [3.63, 3.8) is 0 Å². The van der Waals surface area contributed by atoms with Crippen molar-refractivity contribution < 1.29 is 21.3 Å². The Morgan fingerprint density at radius 1 is 1.24 bits per heavy atom. The number of aromatic amines is 1. The van der Waals surface area contributed by atoms with E-state index in [0.29, 0.717) is 5.52 Å². The molecule has 0 fully saturated rings. The molecule has 0 spiro atoms. The quantitative estimate of drug-likeness (QED) is 0.615. The molecule has 2 aromatic rings. The van der Waals surface area contributed by atoms with Gasteiger partial charge in [0.15, 0.2) is 5.58 Å². The number of nitrogens with one attached hydrogen (secondary N) is 3. The van der Waals surface area contributed by atoms with Gasteiger partial charge in [-0.3, -0.25) is 4.98 Å². The van der Waals surface area contributed by atoms with Gasteiger partial charge >= 0.3 is 5.76 Å². The Morgan fingerprint density at radius 2 is 1.95 bits per heavy atom. The van der Waals surface area contributed by atoms with E-state index in [-0.39, 0.29) is 22.8 Å². The van der Waals surface area contributed by atoms with E-state index in [1.54, 1.807) is 0 Å². The predicted octanol–water partition coefficient (Wildman–Crippen LogP) is -1.05. The smallest absolute Gasteiger partial charge is 0.408 e. The zero-order valence-electron chi connectivity index (χ0n) is 10.9. The van der Waals surface area contributed by atoms with Crippen LogP contribution in [0.5, 0.6) is 0 Å². The minimum absolute atomic E-state index is 0.103. The second kappa shape index (κ2) is 5.60. The zero-order chi connectivity index (χ0) is 15.7. The molecule has 0 amide bonds. The first-order valence-electron chi connectivity index (χ1n) is 5.77. The number of fused-ring (bicyclic) bond motifs is 1. The van der Waals surface area contributed by atoms with Crippen LogP contribution in [0.25, 0.3) is 11.1 Å². The van der Waals surface area contributed by atoms with E-state index in [1.807, 2.05) is 0 Å². The molecule has 21 heavy (non-hydrogen) atoms. The fraction of sp³-hybridized carbons (Fsp3) is 0.300. The summed E-state index contributed by atoms with van der Waals surface area (Å²) in [6, 6.07) is 3.85. The summed E-state index contributed by atoms with van der Waals surface area (Å²) in [5.41, 5.74) is 0.474. The summed E-state index contributed by atoms with van der Waals surface area (Å²) in [4.78, 5) is 13.3. The van der Waals surface area contributed by atoms with E-state index in [9.17, 15) is 21.6 Å². The number of benzene rings is 1. The monoisotopic (exact) mass is 335 g/mol. The van der Waals surface area contributed by atoms with Crippen LogP contribution in [0, 0.1) is 0 Å². The molecule has 0 aliphatic rings. The fourth-order valence-corrected chi connectivity index (χ4v) is 3.34. The second-order valence-corrected chi connectivity index (χ2v) is 7.91. The minimum atomic E-state index is -3.89. The van der Waals surface area contributed by atoms with Gasteiger partial charge in [0, 0.05) is 12.6 Å². The average Bonchev–Trinajstić information content (AvgIpc) is 2.77. The van der Waals surface area contributed by atoms with Gasteiger partial charge in [-0.15, -0.1) is 0 Å². The molecule has 0 saturated carbocycles. The van der Waals surface area contributed by atoms with Crippen LogP contribution >= 0.6 is 0 Å². The zero-order valence-corrected chi connectivity index (χ0v) is 12.5. The van der Waals surface area contributed by atoms with Crippen LogP contribution in [0.1, 0.15) is 0 Å². The van der Waals surface area contributed by atoms with E-state index in [1.165, 1.54) is 25.2 Å². The molecular weight excluding hydrogens is 322 g/mol. The summed E-state index contributed by atoms with van der Waals surface area (Å²) in [5, 5.41) is 0. The molecule has 0 atom stereocenters. The van der Waals surface area contributed by atoms with E-state index in [2.05, 4.69) is 14.4 Å². The van der Waals surface area contributed by atoms with Crippen LogP contribution in [-0.4, -0.2) is 41.2 Å². The predicted molar refractivity (Wildman–Crippen MR) is 74.9 cm³/mol. The van der Waals surface area contributed by atoms with Crippen molar-refractivity contribution in [2.24, 2.45) is 0 Å². The van der Waals surface area contributed by atoms with Gasteiger partial charge < -0.3 is 4.42 Å². The third kappa shape index (κ3) is 3.69. The molecule has 0 bridgehead atoms. The van der Waals surface area contributed by atoms with Crippen LogP contribution in [0.3, 0.4) is 0 Å². The van der Waals surface area contributed by atoms with Crippen molar-refractivity contribution >= 4 is 31.1 Å². The van der Waals surface area contributed by atoms with Crippen LogP contribution in [0.15, 0.2) is 32.3 Å². The van der Waals surface area contributed by atoms with Gasteiger partial charge in [0.25, 0.3) is 0 Å². The summed E-state index contributed by atoms with van der Waals surface area (Å²) >= 11 is 0. The van der Waals surface area contributed by atoms with Crippen LogP contribution in [0.4, 0.5) is 0 Å². The first-order chi connectivity index (χ1) is 9.73. The lowest BCUT2D eigenvalue weighted by molar-refractivity contribution is 0.553. The Hall–Kier alpha value is -1.69. The molecule has 11 heteroatoms. The number of rotatable bonds is 6. The van der Waals surface area contributed by atoms with Gasteiger partial charge in [0.1, 0.15) is 0 Å². The van der Waals surface area contributed by atoms with Crippen molar-refractivity contribution in [1.82, 2.24) is 14.4 Å². The number of hydrogen-bond donors (Lipinski definition) is 3. The topological polar surface area (TPSA) is 138 Å². The third-order valence-electron chi connectivity index (χ3n) is 2.68. The third-order valence-corrected chi connectivity index (χ3v) is 5.50. The SMILES string of the molecule is CNS(=O)(=O)CCNS(=O)(=O)c1ccc2[nH]c(=O)oc2c1. The van der Waals surface area contributed by atoms with Crippen LogP contribution < -0.4 is 15.2 Å². The summed E-state index contributed by atoms with van der Waals surface area (Å²) in [6.45, 7) is -0.277. The standard InChI is InChI=1S/C10H13N3O6S2/c1-11-20(15,16)5-4-12-21(17,18)7-2-3-8-9(6-7)19-10(14)13-8/h2-3,6,11-12H,4-5H2,1H3,(H,13,14). The van der Waals surface area contributed by atoms with E-state index >= 15 is 0 Å². The normalized spacial score (nSPS) is 12.8. The van der Waals surface area contributed by atoms with Crippen molar-refractivity contribution in [3.8, 4) is 0 Å². The highest BCUT2D eigenvalue weighted by Crippen LogP contribution is 2.16. The average molecular weight is 335 g/mol. The molecule has 1 aromatic heterocycles. The van der Waals surface area contributed by atoms with Crippen molar-refractivity contribution in [2.45, 2.75) is 4.90 Å². The summed E-state index contributed by atoms with van der Waals surface area (Å²) in [7, 11) is -6.15. The molecule has 2 rings (SSSR count). The lowest BCUT2D eigenvalue weighted by atomic mass is 10.3. The summed E-state index contributed by atoms with van der Waals surface area (Å²) < 4.78 is 55.4. The van der Waals surface area contributed by atoms with Gasteiger partial charge in [0.2, 0.25) is 20.0 Å². The molecule has 9 nitrogen and oxygen atoms in total. The summed E-state index contributed by atoms with van der Waals surface area (Å²) in [5.74, 6) is -1.07. The Balaban J connectivity index is 2.19. The van der Waals surface area contributed by atoms with Crippen LogP contribution in [0.2, 0.25) is 0 Å². The van der Waals surface area contributed by atoms with Gasteiger partial charge in [-0.05, 0) is 19.2 Å². The van der Waals surface area contributed by atoms with E-state index < -0.39 is 25.8 Å². The highest BCUT2D eigenvalue weighted by Gasteiger charge is 2.17. The lowest BCUT2D eigenvalue weighted by Gasteiger charge is -2.06. The van der Waals surface area contributed by atoms with Gasteiger partial charge in [-0.2, -0.15) is 0 Å². The van der Waals surface area contributed by atoms with Crippen LogP contribution in [-0.2, 0) is 20.0 Å². The summed E-state index contributed by atoms with van der Waals surface area (Å²) in [6.07, 6.45) is 0. The maximum absolute atomic E-state index is 12.0. The Labute approximate surface area is 120 Å². The number of sulfonamides is 2. The Kier molecular flexibility index (Phi) is 4.18. The first-order valence-corrected chi connectivity index (χ1v) is 8.91. The molecule has 3 N–H and O–H groups in total. The molecule has 0 aliphatic carbocycles. The van der Waals surface area contributed by atoms with E-state index in [0.717, 1.165) is 0 Å². The molecule has 0 radical (unpaired) electrons. The van der Waals surface area contributed by atoms with Gasteiger partial charge in [-0.1, -0.05) is 0 Å². The number of hydrogen-bond acceptors (Lipinski definition) is 6. The van der Waals surface area contributed by atoms with E-state index in [4.69, 9.17) is 4.42 Å². The molecule has 1 aromatic carbocycles. The maximum atomic E-state index is 12.0. The Morgan fingerprint density at radius 3 is 2.62 bits per heavy atom. The number of aromatic nitrogens is 1. The largest absolute Gasteiger partial charge is 0.417 e. The highest BCUT2D eigenvalue weighted by atomic mass is 32.2. The first kappa shape index (κ1) is 15.7.